The predicted octanol–water partition coefficient (Wildman–Crippen LogP) is 4.06. The molecule has 0 unspecified atom stereocenters. The topological polar surface area (TPSA) is 41.4 Å². The van der Waals surface area contributed by atoms with Crippen LogP contribution in [0.4, 0.5) is 16.0 Å². The fraction of sp³-hybridized carbons (Fsp3) is 0.304. The van der Waals surface area contributed by atoms with E-state index in [9.17, 15) is 9.18 Å². The number of halogens is 1. The smallest absolute Gasteiger partial charge is 0.259 e. The lowest BCUT2D eigenvalue weighted by atomic mass is 10.1. The van der Waals surface area contributed by atoms with Crippen LogP contribution < -0.4 is 10.5 Å². The average Bonchev–Trinajstić information content (AvgIpc) is 2.72. The van der Waals surface area contributed by atoms with E-state index in [2.05, 4.69) is 18.7 Å². The van der Waals surface area contributed by atoms with Crippen molar-refractivity contribution in [2.45, 2.75) is 39.9 Å². The van der Waals surface area contributed by atoms with Gasteiger partial charge >= 0.3 is 0 Å². The molecule has 2 heterocycles. The zero-order valence-corrected chi connectivity index (χ0v) is 17.0. The van der Waals surface area contributed by atoms with E-state index in [1.165, 1.54) is 12.1 Å². The Hall–Kier alpha value is -2.99. The summed E-state index contributed by atoms with van der Waals surface area (Å²) in [5.41, 5.74) is 3.32. The van der Waals surface area contributed by atoms with Crippen LogP contribution >= 0.6 is 0 Å². The Morgan fingerprint density at radius 1 is 1.03 bits per heavy atom. The van der Waals surface area contributed by atoms with Gasteiger partial charge in [-0.05, 0) is 50.6 Å². The molecule has 0 saturated heterocycles. The van der Waals surface area contributed by atoms with Crippen LogP contribution in [0.3, 0.4) is 0 Å². The van der Waals surface area contributed by atoms with E-state index >= 15 is 0 Å². The zero-order valence-electron chi connectivity index (χ0n) is 17.0. The molecule has 0 aliphatic carbocycles. The summed E-state index contributed by atoms with van der Waals surface area (Å²) in [4.78, 5) is 22.4. The number of hydrogen-bond donors (Lipinski definition) is 0. The maximum atomic E-state index is 13.4. The Kier molecular flexibility index (Phi) is 5.20. The van der Waals surface area contributed by atoms with Gasteiger partial charge in [0.15, 0.2) is 0 Å². The largest absolute Gasteiger partial charge is 0.298 e. The van der Waals surface area contributed by atoms with Gasteiger partial charge in [0.1, 0.15) is 5.82 Å². The van der Waals surface area contributed by atoms with E-state index in [0.29, 0.717) is 31.3 Å². The highest BCUT2D eigenvalue weighted by molar-refractivity contribution is 5.58. The molecule has 29 heavy (non-hydrogen) atoms. The molecule has 2 aromatic carbocycles. The lowest BCUT2D eigenvalue weighted by Gasteiger charge is -2.40. The SMILES string of the molecule is Cc1nc2n(c(=O)c1Cc1ccccc1)CN(C(C)C)CN2c1ccc(F)cc1. The summed E-state index contributed by atoms with van der Waals surface area (Å²) in [6.45, 7) is 7.17. The summed E-state index contributed by atoms with van der Waals surface area (Å²) in [6, 6.07) is 16.5. The van der Waals surface area contributed by atoms with Crippen molar-refractivity contribution >= 4 is 11.6 Å². The first kappa shape index (κ1) is 19.3. The minimum absolute atomic E-state index is 0.0196. The summed E-state index contributed by atoms with van der Waals surface area (Å²) >= 11 is 0. The molecule has 0 radical (unpaired) electrons. The maximum Gasteiger partial charge on any atom is 0.259 e. The Labute approximate surface area is 170 Å². The van der Waals surface area contributed by atoms with Gasteiger partial charge in [0, 0.05) is 23.7 Å². The lowest BCUT2D eigenvalue weighted by molar-refractivity contribution is 0.156. The van der Waals surface area contributed by atoms with Gasteiger partial charge < -0.3 is 0 Å². The first-order valence-corrected chi connectivity index (χ1v) is 9.85. The van der Waals surface area contributed by atoms with Crippen LogP contribution in [0.1, 0.15) is 30.7 Å². The molecule has 5 nitrogen and oxygen atoms in total. The number of hydrogen-bond acceptors (Lipinski definition) is 4. The molecule has 0 fully saturated rings. The fourth-order valence-electron chi connectivity index (χ4n) is 3.64. The van der Waals surface area contributed by atoms with Crippen molar-refractivity contribution in [1.29, 1.82) is 0 Å². The second-order valence-corrected chi connectivity index (χ2v) is 7.74. The van der Waals surface area contributed by atoms with E-state index in [1.54, 1.807) is 16.7 Å². The van der Waals surface area contributed by atoms with Crippen molar-refractivity contribution in [2.75, 3.05) is 11.6 Å². The summed E-state index contributed by atoms with van der Waals surface area (Å²) in [5.74, 6) is 0.319. The van der Waals surface area contributed by atoms with Crippen molar-refractivity contribution in [3.63, 3.8) is 0 Å². The molecule has 6 heteroatoms. The molecule has 0 spiro atoms. The van der Waals surface area contributed by atoms with Crippen LogP contribution in [-0.2, 0) is 13.1 Å². The van der Waals surface area contributed by atoms with E-state index in [4.69, 9.17) is 4.98 Å². The van der Waals surface area contributed by atoms with Crippen LogP contribution in [0.5, 0.6) is 0 Å². The third kappa shape index (κ3) is 3.80. The Balaban J connectivity index is 1.82. The Morgan fingerprint density at radius 2 is 1.72 bits per heavy atom. The van der Waals surface area contributed by atoms with Gasteiger partial charge in [-0.1, -0.05) is 30.3 Å². The van der Waals surface area contributed by atoms with Gasteiger partial charge in [-0.25, -0.2) is 9.37 Å². The second kappa shape index (κ2) is 7.79. The molecular formula is C23H25FN4O. The summed E-state index contributed by atoms with van der Waals surface area (Å²) in [5, 5.41) is 0. The summed E-state index contributed by atoms with van der Waals surface area (Å²) in [6.07, 6.45) is 0.553. The third-order valence-corrected chi connectivity index (χ3v) is 5.43. The van der Waals surface area contributed by atoms with E-state index < -0.39 is 0 Å². The molecule has 1 aromatic heterocycles. The van der Waals surface area contributed by atoms with Crippen molar-refractivity contribution in [2.24, 2.45) is 0 Å². The number of aromatic nitrogens is 2. The highest BCUT2D eigenvalue weighted by atomic mass is 19.1. The number of benzene rings is 2. The second-order valence-electron chi connectivity index (χ2n) is 7.74. The van der Waals surface area contributed by atoms with Crippen LogP contribution in [0.25, 0.3) is 0 Å². The molecule has 3 aromatic rings. The Bertz CT molecular complexity index is 1060. The van der Waals surface area contributed by atoms with E-state index in [1.807, 2.05) is 42.2 Å². The normalized spacial score (nSPS) is 14.3. The summed E-state index contributed by atoms with van der Waals surface area (Å²) in [7, 11) is 0. The van der Waals surface area contributed by atoms with E-state index in [-0.39, 0.29) is 17.4 Å². The minimum atomic E-state index is -0.286. The highest BCUT2D eigenvalue weighted by Crippen LogP contribution is 2.28. The van der Waals surface area contributed by atoms with Gasteiger partial charge in [0.2, 0.25) is 5.95 Å². The molecule has 0 amide bonds. The van der Waals surface area contributed by atoms with Gasteiger partial charge in [0.05, 0.1) is 19.0 Å². The molecular weight excluding hydrogens is 367 g/mol. The van der Waals surface area contributed by atoms with Crippen LogP contribution in [-0.4, -0.2) is 27.2 Å². The standard InChI is InChI=1S/C23H25FN4O/c1-16(2)26-14-27(20-11-9-19(24)10-12-20)23-25-17(3)21(22(29)28(23)15-26)13-18-7-5-4-6-8-18/h4-12,16H,13-15H2,1-3H3. The summed E-state index contributed by atoms with van der Waals surface area (Å²) < 4.78 is 15.2. The Morgan fingerprint density at radius 3 is 2.38 bits per heavy atom. The van der Waals surface area contributed by atoms with Crippen molar-refractivity contribution < 1.29 is 4.39 Å². The molecule has 0 N–H and O–H groups in total. The molecule has 0 atom stereocenters. The number of rotatable bonds is 4. The number of nitrogens with zero attached hydrogens (tertiary/aromatic N) is 4. The van der Waals surface area contributed by atoms with E-state index in [0.717, 1.165) is 16.9 Å². The highest BCUT2D eigenvalue weighted by Gasteiger charge is 2.29. The van der Waals surface area contributed by atoms with Crippen molar-refractivity contribution in [1.82, 2.24) is 14.5 Å². The van der Waals surface area contributed by atoms with Crippen molar-refractivity contribution in [3.05, 3.63) is 87.6 Å². The predicted molar refractivity (Wildman–Crippen MR) is 113 cm³/mol. The van der Waals surface area contributed by atoms with Crippen LogP contribution in [0.2, 0.25) is 0 Å². The molecule has 4 rings (SSSR count). The molecule has 1 aliphatic rings. The molecule has 0 bridgehead atoms. The quantitative estimate of drug-likeness (QED) is 0.672. The van der Waals surface area contributed by atoms with Crippen molar-refractivity contribution in [3.8, 4) is 0 Å². The van der Waals surface area contributed by atoms with Gasteiger partial charge in [-0.2, -0.15) is 0 Å². The maximum absolute atomic E-state index is 13.4. The first-order valence-electron chi connectivity index (χ1n) is 9.85. The fourth-order valence-corrected chi connectivity index (χ4v) is 3.64. The molecule has 0 saturated carbocycles. The minimum Gasteiger partial charge on any atom is -0.298 e. The average molecular weight is 392 g/mol. The van der Waals surface area contributed by atoms with Crippen LogP contribution in [0.15, 0.2) is 59.4 Å². The lowest BCUT2D eigenvalue weighted by Crippen LogP contribution is -2.50. The number of aryl methyl sites for hydroxylation is 1. The number of fused-ring (bicyclic) bond motifs is 1. The van der Waals surface area contributed by atoms with Gasteiger partial charge in [0.25, 0.3) is 5.56 Å². The zero-order chi connectivity index (χ0) is 20.5. The van der Waals surface area contributed by atoms with Gasteiger partial charge in [-0.3, -0.25) is 19.2 Å². The van der Waals surface area contributed by atoms with Gasteiger partial charge in [-0.15, -0.1) is 0 Å². The third-order valence-electron chi connectivity index (χ3n) is 5.43. The first-order chi connectivity index (χ1) is 13.9. The monoisotopic (exact) mass is 392 g/mol. The number of anilines is 2. The van der Waals surface area contributed by atoms with Crippen LogP contribution in [0, 0.1) is 12.7 Å². The molecule has 1 aliphatic heterocycles. The molecule has 150 valence electrons.